The first-order chi connectivity index (χ1) is 6.36. The lowest BCUT2D eigenvalue weighted by Crippen LogP contribution is -2.06. The highest BCUT2D eigenvalue weighted by atomic mass is 79.9. The van der Waals surface area contributed by atoms with E-state index in [1.165, 1.54) is 0 Å². The van der Waals surface area contributed by atoms with E-state index < -0.39 is 0 Å². The Morgan fingerprint density at radius 3 is 3.00 bits per heavy atom. The Morgan fingerprint density at radius 2 is 2.31 bits per heavy atom. The Balaban J connectivity index is 2.66. The fourth-order valence-corrected chi connectivity index (χ4v) is 1.28. The SMILES string of the molecule is NNc1cccc(C=CCCBr)c1. The van der Waals surface area contributed by atoms with Crippen LogP contribution in [-0.2, 0) is 0 Å². The highest BCUT2D eigenvalue weighted by Crippen LogP contribution is 2.10. The molecular weight excluding hydrogens is 228 g/mol. The molecule has 0 aliphatic heterocycles. The van der Waals surface area contributed by atoms with E-state index in [9.17, 15) is 0 Å². The number of rotatable bonds is 4. The van der Waals surface area contributed by atoms with E-state index in [1.807, 2.05) is 24.3 Å². The van der Waals surface area contributed by atoms with Gasteiger partial charge in [0.25, 0.3) is 0 Å². The van der Waals surface area contributed by atoms with Crippen LogP contribution < -0.4 is 11.3 Å². The van der Waals surface area contributed by atoms with Crippen LogP contribution >= 0.6 is 15.9 Å². The van der Waals surface area contributed by atoms with E-state index in [2.05, 4.69) is 33.5 Å². The number of hydrogen-bond acceptors (Lipinski definition) is 2. The lowest BCUT2D eigenvalue weighted by atomic mass is 10.2. The number of nitrogens with one attached hydrogen (secondary N) is 1. The lowest BCUT2D eigenvalue weighted by molar-refractivity contribution is 1.27. The van der Waals surface area contributed by atoms with Crippen LogP contribution in [0.1, 0.15) is 12.0 Å². The van der Waals surface area contributed by atoms with Crippen LogP contribution in [0.3, 0.4) is 0 Å². The first kappa shape index (κ1) is 10.3. The maximum Gasteiger partial charge on any atom is 0.0491 e. The monoisotopic (exact) mass is 240 g/mol. The Morgan fingerprint density at radius 1 is 1.46 bits per heavy atom. The van der Waals surface area contributed by atoms with Crippen LogP contribution in [0.5, 0.6) is 0 Å². The van der Waals surface area contributed by atoms with Crippen molar-refractivity contribution < 1.29 is 0 Å². The minimum atomic E-state index is 0.931. The van der Waals surface area contributed by atoms with Gasteiger partial charge in [-0.25, -0.2) is 0 Å². The van der Waals surface area contributed by atoms with E-state index in [4.69, 9.17) is 5.84 Å². The van der Waals surface area contributed by atoms with Crippen molar-refractivity contribution in [2.45, 2.75) is 6.42 Å². The molecule has 0 aliphatic rings. The average molecular weight is 241 g/mol. The third-order valence-electron chi connectivity index (χ3n) is 1.64. The molecule has 0 saturated heterocycles. The second kappa shape index (κ2) is 5.78. The van der Waals surface area contributed by atoms with Crippen molar-refractivity contribution in [3.8, 4) is 0 Å². The van der Waals surface area contributed by atoms with Gasteiger partial charge in [-0.1, -0.05) is 40.2 Å². The third-order valence-corrected chi connectivity index (χ3v) is 2.10. The molecule has 0 aliphatic carbocycles. The summed E-state index contributed by atoms with van der Waals surface area (Å²) in [6, 6.07) is 7.96. The first-order valence-electron chi connectivity index (χ1n) is 4.16. The number of hydrogen-bond donors (Lipinski definition) is 2. The molecule has 0 atom stereocenters. The molecule has 0 unspecified atom stereocenters. The van der Waals surface area contributed by atoms with E-state index in [0.29, 0.717) is 0 Å². The fourth-order valence-electron chi connectivity index (χ4n) is 1.01. The molecule has 2 nitrogen and oxygen atoms in total. The number of nitrogen functional groups attached to an aromatic ring is 1. The number of alkyl halides is 1. The minimum absolute atomic E-state index is 0.931. The predicted octanol–water partition coefficient (Wildman–Crippen LogP) is 2.77. The van der Waals surface area contributed by atoms with E-state index in [-0.39, 0.29) is 0 Å². The molecule has 0 radical (unpaired) electrons. The van der Waals surface area contributed by atoms with Gasteiger partial charge in [0.15, 0.2) is 0 Å². The van der Waals surface area contributed by atoms with Gasteiger partial charge in [0, 0.05) is 11.0 Å². The van der Waals surface area contributed by atoms with Crippen molar-refractivity contribution in [1.82, 2.24) is 0 Å². The van der Waals surface area contributed by atoms with Crippen molar-refractivity contribution in [3.63, 3.8) is 0 Å². The summed E-state index contributed by atoms with van der Waals surface area (Å²) in [6.07, 6.45) is 5.26. The van der Waals surface area contributed by atoms with Gasteiger partial charge in [0.05, 0.1) is 0 Å². The Bertz CT molecular complexity index is 284. The minimum Gasteiger partial charge on any atom is -0.324 e. The Hall–Kier alpha value is -0.800. The predicted molar refractivity (Wildman–Crippen MR) is 61.7 cm³/mol. The normalized spacial score (nSPS) is 10.6. The first-order valence-corrected chi connectivity index (χ1v) is 5.28. The van der Waals surface area contributed by atoms with Gasteiger partial charge in [0.1, 0.15) is 0 Å². The second-order valence-electron chi connectivity index (χ2n) is 2.65. The van der Waals surface area contributed by atoms with Gasteiger partial charge in [-0.05, 0) is 24.1 Å². The van der Waals surface area contributed by atoms with Crippen LogP contribution in [0.4, 0.5) is 5.69 Å². The third kappa shape index (κ3) is 3.61. The molecule has 0 fully saturated rings. The molecule has 0 bridgehead atoms. The zero-order valence-electron chi connectivity index (χ0n) is 7.33. The molecule has 1 aromatic carbocycles. The summed E-state index contributed by atoms with van der Waals surface area (Å²) in [5.41, 5.74) is 4.71. The zero-order chi connectivity index (χ0) is 9.52. The van der Waals surface area contributed by atoms with Gasteiger partial charge < -0.3 is 5.43 Å². The summed E-state index contributed by atoms with van der Waals surface area (Å²) in [6.45, 7) is 0. The molecule has 3 N–H and O–H groups in total. The summed E-state index contributed by atoms with van der Waals surface area (Å²) in [5.74, 6) is 5.29. The molecule has 0 heterocycles. The van der Waals surface area contributed by atoms with Crippen molar-refractivity contribution >= 4 is 27.7 Å². The molecule has 0 saturated carbocycles. The van der Waals surface area contributed by atoms with Crippen LogP contribution in [-0.4, -0.2) is 5.33 Å². The van der Waals surface area contributed by atoms with E-state index in [0.717, 1.165) is 23.0 Å². The summed E-state index contributed by atoms with van der Waals surface area (Å²) in [7, 11) is 0. The topological polar surface area (TPSA) is 38.0 Å². The molecular formula is C10H13BrN2. The molecule has 1 aromatic rings. The number of nitrogens with two attached hydrogens (primary N) is 1. The van der Waals surface area contributed by atoms with Gasteiger partial charge >= 0.3 is 0 Å². The number of halogens is 1. The van der Waals surface area contributed by atoms with Crippen LogP contribution in [0, 0.1) is 0 Å². The maximum absolute atomic E-state index is 5.29. The van der Waals surface area contributed by atoms with Gasteiger partial charge in [-0.2, -0.15) is 0 Å². The van der Waals surface area contributed by atoms with Gasteiger partial charge in [0.2, 0.25) is 0 Å². The average Bonchev–Trinajstić information content (AvgIpc) is 2.19. The maximum atomic E-state index is 5.29. The number of benzene rings is 1. The van der Waals surface area contributed by atoms with Crippen molar-refractivity contribution in [2.75, 3.05) is 10.8 Å². The Labute approximate surface area is 86.9 Å². The summed E-state index contributed by atoms with van der Waals surface area (Å²) in [5, 5.41) is 0.998. The van der Waals surface area contributed by atoms with Crippen LogP contribution in [0.25, 0.3) is 6.08 Å². The summed E-state index contributed by atoms with van der Waals surface area (Å²) in [4.78, 5) is 0. The largest absolute Gasteiger partial charge is 0.324 e. The zero-order valence-corrected chi connectivity index (χ0v) is 8.92. The van der Waals surface area contributed by atoms with Crippen LogP contribution in [0.2, 0.25) is 0 Å². The second-order valence-corrected chi connectivity index (χ2v) is 3.44. The smallest absolute Gasteiger partial charge is 0.0491 e. The highest BCUT2D eigenvalue weighted by molar-refractivity contribution is 9.09. The van der Waals surface area contributed by atoms with Crippen molar-refractivity contribution in [2.24, 2.45) is 5.84 Å². The quantitative estimate of drug-likeness (QED) is 0.483. The lowest BCUT2D eigenvalue weighted by Gasteiger charge is -1.99. The molecule has 13 heavy (non-hydrogen) atoms. The standard InChI is InChI=1S/C10H13BrN2/c11-7-2-1-4-9-5-3-6-10(8-9)13-12/h1,3-6,8,13H,2,7,12H2. The van der Waals surface area contributed by atoms with E-state index >= 15 is 0 Å². The summed E-state index contributed by atoms with van der Waals surface area (Å²) >= 11 is 3.37. The van der Waals surface area contributed by atoms with Gasteiger partial charge in [-0.15, -0.1) is 0 Å². The molecule has 0 amide bonds. The molecule has 1 rings (SSSR count). The van der Waals surface area contributed by atoms with Crippen molar-refractivity contribution in [1.29, 1.82) is 0 Å². The Kier molecular flexibility index (Phi) is 4.57. The van der Waals surface area contributed by atoms with E-state index in [1.54, 1.807) is 0 Å². The summed E-state index contributed by atoms with van der Waals surface area (Å²) < 4.78 is 0. The molecule has 3 heteroatoms. The molecule has 70 valence electrons. The number of anilines is 1. The van der Waals surface area contributed by atoms with Crippen LogP contribution in [0.15, 0.2) is 30.3 Å². The fraction of sp³-hybridized carbons (Fsp3) is 0.200. The van der Waals surface area contributed by atoms with Gasteiger partial charge in [-0.3, -0.25) is 5.84 Å². The highest BCUT2D eigenvalue weighted by Gasteiger charge is 1.88. The molecule has 0 spiro atoms. The number of hydrazine groups is 1. The van der Waals surface area contributed by atoms with Crippen molar-refractivity contribution in [3.05, 3.63) is 35.9 Å². The number of allylic oxidation sites excluding steroid dienone is 1. The molecule has 0 aromatic heterocycles.